The molecule has 2 heterocycles. The predicted octanol–water partition coefficient (Wildman–Crippen LogP) is 1.80. The van der Waals surface area contributed by atoms with E-state index in [1.165, 1.54) is 30.6 Å². The van der Waals surface area contributed by atoms with Crippen LogP contribution < -0.4 is 5.32 Å². The molecule has 1 atom stereocenters. The van der Waals surface area contributed by atoms with Crippen molar-refractivity contribution < 1.29 is 14.3 Å². The number of hydrogen-bond donors (Lipinski definition) is 1. The Labute approximate surface area is 139 Å². The summed E-state index contributed by atoms with van der Waals surface area (Å²) in [5.74, 6) is -0.328. The number of nitrogens with zero attached hydrogens (tertiary/aromatic N) is 3. The van der Waals surface area contributed by atoms with Gasteiger partial charge in [0.1, 0.15) is 11.6 Å². The molecule has 126 valence electrons. The molecular formula is C15H22N4O3S. The number of carbonyl (C=O) groups is 2. The predicted molar refractivity (Wildman–Crippen MR) is 85.9 cm³/mol. The quantitative estimate of drug-likeness (QED) is 0.885. The number of likely N-dealkylation sites (tertiary alicyclic amines) is 1. The van der Waals surface area contributed by atoms with Crippen LogP contribution in [0.1, 0.15) is 43.5 Å². The Morgan fingerprint density at radius 1 is 1.35 bits per heavy atom. The second-order valence-corrected chi connectivity index (χ2v) is 7.22. The van der Waals surface area contributed by atoms with Gasteiger partial charge in [0.2, 0.25) is 16.9 Å². The number of aromatic nitrogens is 2. The molecule has 2 fully saturated rings. The van der Waals surface area contributed by atoms with Crippen molar-refractivity contribution in [2.24, 2.45) is 5.92 Å². The van der Waals surface area contributed by atoms with Gasteiger partial charge in [-0.25, -0.2) is 0 Å². The van der Waals surface area contributed by atoms with E-state index in [0.717, 1.165) is 12.8 Å². The summed E-state index contributed by atoms with van der Waals surface area (Å²) in [6, 6.07) is 0.323. The first kappa shape index (κ1) is 16.3. The Morgan fingerprint density at radius 2 is 2.13 bits per heavy atom. The van der Waals surface area contributed by atoms with Crippen molar-refractivity contribution >= 4 is 28.3 Å². The van der Waals surface area contributed by atoms with Gasteiger partial charge in [-0.3, -0.25) is 9.59 Å². The van der Waals surface area contributed by atoms with Gasteiger partial charge in [-0.15, -0.1) is 10.2 Å². The summed E-state index contributed by atoms with van der Waals surface area (Å²) in [5.41, 5.74) is 0. The molecule has 0 unspecified atom stereocenters. The Balaban J connectivity index is 1.56. The Hall–Kier alpha value is -1.54. The van der Waals surface area contributed by atoms with Crippen LogP contribution in [0.5, 0.6) is 0 Å². The maximum Gasteiger partial charge on any atom is 0.231 e. The van der Waals surface area contributed by atoms with Crippen molar-refractivity contribution in [3.05, 3.63) is 5.01 Å². The lowest BCUT2D eigenvalue weighted by molar-refractivity contribution is -0.130. The smallest absolute Gasteiger partial charge is 0.231 e. The minimum absolute atomic E-state index is 0.106. The van der Waals surface area contributed by atoms with Gasteiger partial charge < -0.3 is 15.0 Å². The summed E-state index contributed by atoms with van der Waals surface area (Å²) in [6.07, 6.45) is 6.04. The third-order valence-electron chi connectivity index (χ3n) is 4.51. The normalized spacial score (nSPS) is 22.6. The molecule has 1 saturated heterocycles. The highest BCUT2D eigenvalue weighted by atomic mass is 32.1. The van der Waals surface area contributed by atoms with Gasteiger partial charge in [0.05, 0.1) is 5.92 Å². The Kier molecular flexibility index (Phi) is 5.22. The number of methoxy groups -OCH3 is 1. The first-order valence-electron chi connectivity index (χ1n) is 8.09. The van der Waals surface area contributed by atoms with E-state index in [-0.39, 0.29) is 17.7 Å². The maximum atomic E-state index is 12.4. The molecule has 1 aromatic rings. The lowest BCUT2D eigenvalue weighted by Crippen LogP contribution is -2.38. The first-order valence-corrected chi connectivity index (χ1v) is 8.90. The fourth-order valence-electron chi connectivity index (χ4n) is 3.35. The molecule has 1 N–H and O–H groups in total. The Morgan fingerprint density at radius 3 is 2.87 bits per heavy atom. The van der Waals surface area contributed by atoms with E-state index in [4.69, 9.17) is 4.74 Å². The second kappa shape index (κ2) is 7.35. The molecule has 0 radical (unpaired) electrons. The molecule has 1 saturated carbocycles. The van der Waals surface area contributed by atoms with Crippen molar-refractivity contribution in [3.8, 4) is 0 Å². The average Bonchev–Trinajstić information content (AvgIpc) is 3.15. The number of rotatable bonds is 5. The number of nitrogens with one attached hydrogen (secondary N) is 1. The zero-order valence-electron chi connectivity index (χ0n) is 13.3. The molecule has 2 aliphatic rings. The van der Waals surface area contributed by atoms with Crippen molar-refractivity contribution in [2.45, 2.75) is 51.2 Å². The fourth-order valence-corrected chi connectivity index (χ4v) is 4.06. The van der Waals surface area contributed by atoms with E-state index in [1.807, 2.05) is 4.90 Å². The van der Waals surface area contributed by atoms with Crippen molar-refractivity contribution in [1.82, 2.24) is 15.1 Å². The average molecular weight is 338 g/mol. The van der Waals surface area contributed by atoms with E-state index in [2.05, 4.69) is 15.5 Å². The zero-order valence-corrected chi connectivity index (χ0v) is 14.1. The van der Waals surface area contributed by atoms with Gasteiger partial charge >= 0.3 is 0 Å². The first-order chi connectivity index (χ1) is 11.2. The molecular weight excluding hydrogens is 316 g/mol. The summed E-state index contributed by atoms with van der Waals surface area (Å²) < 4.78 is 4.99. The molecule has 0 aromatic carbocycles. The van der Waals surface area contributed by atoms with Gasteiger partial charge in [0.15, 0.2) is 0 Å². The van der Waals surface area contributed by atoms with Crippen LogP contribution in [0.3, 0.4) is 0 Å². The highest BCUT2D eigenvalue weighted by Gasteiger charge is 2.38. The van der Waals surface area contributed by atoms with E-state index < -0.39 is 0 Å². The van der Waals surface area contributed by atoms with E-state index >= 15 is 0 Å². The molecule has 1 aliphatic carbocycles. The third kappa shape index (κ3) is 3.87. The minimum atomic E-state index is -0.292. The van der Waals surface area contributed by atoms with Crippen molar-refractivity contribution in [2.75, 3.05) is 19.0 Å². The fraction of sp³-hybridized carbons (Fsp3) is 0.733. The summed E-state index contributed by atoms with van der Waals surface area (Å²) in [6.45, 7) is 0.907. The number of ether oxygens (including phenoxy) is 1. The van der Waals surface area contributed by atoms with E-state index in [9.17, 15) is 9.59 Å². The topological polar surface area (TPSA) is 84.4 Å². The lowest BCUT2D eigenvalue weighted by atomic mass is 9.94. The van der Waals surface area contributed by atoms with Crippen molar-refractivity contribution in [1.29, 1.82) is 0 Å². The van der Waals surface area contributed by atoms with Crippen LogP contribution >= 0.6 is 11.3 Å². The van der Waals surface area contributed by atoms with Crippen LogP contribution in [0, 0.1) is 5.92 Å². The van der Waals surface area contributed by atoms with Gasteiger partial charge in [0.25, 0.3) is 0 Å². The summed E-state index contributed by atoms with van der Waals surface area (Å²) in [4.78, 5) is 26.5. The molecule has 0 spiro atoms. The molecule has 0 bridgehead atoms. The number of anilines is 1. The molecule has 1 aromatic heterocycles. The van der Waals surface area contributed by atoms with Gasteiger partial charge in [-0.05, 0) is 12.8 Å². The van der Waals surface area contributed by atoms with Crippen LogP contribution in [-0.2, 0) is 20.9 Å². The summed E-state index contributed by atoms with van der Waals surface area (Å²) >= 11 is 1.30. The second-order valence-electron chi connectivity index (χ2n) is 6.16. The summed E-state index contributed by atoms with van der Waals surface area (Å²) in [7, 11) is 1.59. The molecule has 8 heteroatoms. The molecule has 1 aliphatic heterocycles. The van der Waals surface area contributed by atoms with Crippen LogP contribution in [0.4, 0.5) is 5.13 Å². The number of carbonyl (C=O) groups excluding carboxylic acids is 2. The van der Waals surface area contributed by atoms with Crippen LogP contribution in [0.15, 0.2) is 0 Å². The van der Waals surface area contributed by atoms with Crippen LogP contribution in [-0.4, -0.2) is 46.6 Å². The highest BCUT2D eigenvalue weighted by molar-refractivity contribution is 7.15. The highest BCUT2D eigenvalue weighted by Crippen LogP contribution is 2.29. The van der Waals surface area contributed by atoms with Gasteiger partial charge in [-0.1, -0.05) is 30.6 Å². The minimum Gasteiger partial charge on any atom is -0.377 e. The van der Waals surface area contributed by atoms with E-state index in [0.29, 0.717) is 35.8 Å². The van der Waals surface area contributed by atoms with E-state index in [1.54, 1.807) is 7.11 Å². The third-order valence-corrected chi connectivity index (χ3v) is 5.32. The molecule has 2 amide bonds. The standard InChI is InChI=1S/C15H22N4O3S/c1-22-9-12-17-18-15(23-12)16-14(21)10-7-13(20)19(8-10)11-5-3-2-4-6-11/h10-11H,2-9H2,1H3,(H,16,18,21)/t10-/m0/s1. The summed E-state index contributed by atoms with van der Waals surface area (Å²) in [5, 5.41) is 11.8. The van der Waals surface area contributed by atoms with Crippen molar-refractivity contribution in [3.63, 3.8) is 0 Å². The van der Waals surface area contributed by atoms with Gasteiger partial charge in [0, 0.05) is 26.1 Å². The SMILES string of the molecule is COCc1nnc(NC(=O)[C@H]2CC(=O)N(C3CCCCC3)C2)s1. The monoisotopic (exact) mass is 338 g/mol. The zero-order chi connectivity index (χ0) is 16.2. The largest absolute Gasteiger partial charge is 0.377 e. The van der Waals surface area contributed by atoms with Gasteiger partial charge in [-0.2, -0.15) is 0 Å². The van der Waals surface area contributed by atoms with Crippen LogP contribution in [0.2, 0.25) is 0 Å². The number of amides is 2. The number of hydrogen-bond acceptors (Lipinski definition) is 6. The lowest BCUT2D eigenvalue weighted by Gasteiger charge is -2.31. The molecule has 3 rings (SSSR count). The Bertz CT molecular complexity index is 571. The van der Waals surface area contributed by atoms with Crippen LogP contribution in [0.25, 0.3) is 0 Å². The molecule has 7 nitrogen and oxygen atoms in total. The maximum absolute atomic E-state index is 12.4. The molecule has 23 heavy (non-hydrogen) atoms.